The lowest BCUT2D eigenvalue weighted by Gasteiger charge is -2.28. The van der Waals surface area contributed by atoms with Crippen LogP contribution in [-0.2, 0) is 27.3 Å². The Hall–Kier alpha value is -2.00. The van der Waals surface area contributed by atoms with Gasteiger partial charge in [-0.25, -0.2) is 0 Å². The Bertz CT molecular complexity index is 954. The first-order valence-corrected chi connectivity index (χ1v) is 13.2. The third-order valence-electron chi connectivity index (χ3n) is 5.36. The summed E-state index contributed by atoms with van der Waals surface area (Å²) in [5.41, 5.74) is 1.01. The normalized spacial score (nSPS) is 10.9. The maximum Gasteiger partial charge on any atom is 0.256 e. The number of carbonyl (C=O) groups is 2. The van der Waals surface area contributed by atoms with Crippen molar-refractivity contribution in [1.82, 2.24) is 9.80 Å². The summed E-state index contributed by atoms with van der Waals surface area (Å²) in [7, 11) is 3.18. The van der Waals surface area contributed by atoms with Crippen molar-refractivity contribution < 1.29 is 23.8 Å². The molecule has 0 bridgehead atoms. The molecular weight excluding hydrogens is 511 g/mol. The summed E-state index contributed by atoms with van der Waals surface area (Å²) in [5, 5.41) is 0. The number of aryl methyl sites for hydroxylation is 1. The monoisotopic (exact) mass is 544 g/mol. The molecule has 0 aliphatic carbocycles. The zero-order chi connectivity index (χ0) is 25.8. The molecule has 0 aliphatic rings. The third-order valence-corrected chi connectivity index (χ3v) is 6.72. The van der Waals surface area contributed by atoms with Crippen molar-refractivity contribution in [2.75, 3.05) is 47.1 Å². The van der Waals surface area contributed by atoms with Gasteiger partial charge in [-0.1, -0.05) is 29.3 Å². The maximum atomic E-state index is 13.4. The molecule has 7 nitrogen and oxygen atoms in total. The second-order valence-electron chi connectivity index (χ2n) is 7.88. The predicted molar refractivity (Wildman–Crippen MR) is 141 cm³/mol. The number of amides is 2. The first kappa shape index (κ1) is 29.2. The van der Waals surface area contributed by atoms with Gasteiger partial charge in [0.2, 0.25) is 5.91 Å². The van der Waals surface area contributed by atoms with E-state index in [4.69, 9.17) is 37.4 Å². The zero-order valence-corrected chi connectivity index (χ0v) is 23.0. The van der Waals surface area contributed by atoms with Crippen molar-refractivity contribution in [3.05, 3.63) is 45.6 Å². The van der Waals surface area contributed by atoms with E-state index in [1.165, 1.54) is 9.78 Å². The van der Waals surface area contributed by atoms with Gasteiger partial charge in [-0.15, -0.1) is 11.3 Å². The Kier molecular flexibility index (Phi) is 12.7. The van der Waals surface area contributed by atoms with Gasteiger partial charge in [-0.2, -0.15) is 0 Å². The molecule has 0 saturated heterocycles. The van der Waals surface area contributed by atoms with E-state index in [0.29, 0.717) is 57.2 Å². The highest BCUT2D eigenvalue weighted by molar-refractivity contribution is 7.11. The van der Waals surface area contributed by atoms with Gasteiger partial charge < -0.3 is 24.0 Å². The molecule has 10 heteroatoms. The average Bonchev–Trinajstić information content (AvgIpc) is 3.27. The van der Waals surface area contributed by atoms with Crippen molar-refractivity contribution in [3.8, 4) is 11.5 Å². The Morgan fingerprint density at radius 3 is 2.37 bits per heavy atom. The minimum atomic E-state index is -1.23. The van der Waals surface area contributed by atoms with Gasteiger partial charge in [0.1, 0.15) is 0 Å². The fourth-order valence-electron chi connectivity index (χ4n) is 3.52. The topological polar surface area (TPSA) is 68.3 Å². The summed E-state index contributed by atoms with van der Waals surface area (Å²) >= 11 is 13.3. The van der Waals surface area contributed by atoms with E-state index in [2.05, 4.69) is 0 Å². The largest absolute Gasteiger partial charge is 0.493 e. The van der Waals surface area contributed by atoms with E-state index >= 15 is 0 Å². The minimum Gasteiger partial charge on any atom is -0.493 e. The Balaban J connectivity index is 2.16. The first-order chi connectivity index (χ1) is 16.8. The number of methoxy groups -OCH3 is 2. The molecule has 2 amide bonds. The molecule has 194 valence electrons. The molecule has 35 heavy (non-hydrogen) atoms. The number of halogens is 2. The van der Waals surface area contributed by atoms with E-state index in [1.807, 2.05) is 44.2 Å². The summed E-state index contributed by atoms with van der Waals surface area (Å²) in [6, 6.07) is 9.77. The van der Waals surface area contributed by atoms with Crippen molar-refractivity contribution in [2.24, 2.45) is 0 Å². The Labute approximate surface area is 221 Å². The number of alkyl halides is 2. The number of hydrogen-bond acceptors (Lipinski definition) is 6. The molecule has 0 N–H and O–H groups in total. The molecule has 0 spiro atoms. The molecule has 2 rings (SSSR count). The lowest BCUT2D eigenvalue weighted by molar-refractivity contribution is -0.140. The summed E-state index contributed by atoms with van der Waals surface area (Å²) in [6.07, 6.45) is 1.20. The van der Waals surface area contributed by atoms with Gasteiger partial charge >= 0.3 is 0 Å². The second kappa shape index (κ2) is 15.2. The molecular formula is C25H34Cl2N2O5S. The van der Waals surface area contributed by atoms with Crippen molar-refractivity contribution in [2.45, 2.75) is 38.1 Å². The zero-order valence-electron chi connectivity index (χ0n) is 20.7. The van der Waals surface area contributed by atoms with Gasteiger partial charge in [0, 0.05) is 36.1 Å². The van der Waals surface area contributed by atoms with E-state index in [-0.39, 0.29) is 12.5 Å². The van der Waals surface area contributed by atoms with Crippen molar-refractivity contribution in [3.63, 3.8) is 0 Å². The van der Waals surface area contributed by atoms with Crippen molar-refractivity contribution in [1.29, 1.82) is 0 Å². The molecule has 0 saturated carbocycles. The molecule has 1 aromatic heterocycles. The van der Waals surface area contributed by atoms with E-state index in [9.17, 15) is 9.59 Å². The molecule has 0 unspecified atom stereocenters. The van der Waals surface area contributed by atoms with Crippen LogP contribution >= 0.6 is 34.5 Å². The average molecular weight is 546 g/mol. The summed E-state index contributed by atoms with van der Waals surface area (Å²) in [4.78, 5) is 30.2. The van der Waals surface area contributed by atoms with Crippen molar-refractivity contribution >= 4 is 46.4 Å². The highest BCUT2D eigenvalue weighted by Crippen LogP contribution is 2.28. The quantitative estimate of drug-likeness (QED) is 0.240. The number of ether oxygens (including phenoxy) is 3. The lowest BCUT2D eigenvalue weighted by atomic mass is 10.1. The number of nitrogens with zero attached hydrogens (tertiary/aromatic N) is 2. The number of rotatable bonds is 15. The van der Waals surface area contributed by atoms with Gasteiger partial charge in [-0.05, 0) is 56.5 Å². The Morgan fingerprint density at radius 2 is 1.77 bits per heavy atom. The van der Waals surface area contributed by atoms with Crippen LogP contribution < -0.4 is 9.47 Å². The van der Waals surface area contributed by atoms with Crippen LogP contribution in [0.15, 0.2) is 30.3 Å². The van der Waals surface area contributed by atoms with Gasteiger partial charge in [0.15, 0.2) is 16.3 Å². The van der Waals surface area contributed by atoms with Crippen LogP contribution in [0.3, 0.4) is 0 Å². The molecule has 1 aromatic carbocycles. The smallest absolute Gasteiger partial charge is 0.256 e. The maximum absolute atomic E-state index is 13.4. The SMILES string of the molecule is CCOCCCN(CC(=O)N(CCc1ccc(OC)c(OC)c1)Cc1ccc(C)s1)C(=O)C(Cl)Cl. The van der Waals surface area contributed by atoms with E-state index < -0.39 is 10.7 Å². The van der Waals surface area contributed by atoms with Crippen LogP contribution in [0.4, 0.5) is 0 Å². The molecule has 0 radical (unpaired) electrons. The van der Waals surface area contributed by atoms with Gasteiger partial charge in [0.25, 0.3) is 5.91 Å². The van der Waals surface area contributed by atoms with Crippen LogP contribution in [0.25, 0.3) is 0 Å². The molecule has 0 fully saturated rings. The first-order valence-electron chi connectivity index (χ1n) is 11.5. The van der Waals surface area contributed by atoms with Crippen LogP contribution in [0, 0.1) is 6.92 Å². The number of hydrogen-bond donors (Lipinski definition) is 0. The Morgan fingerprint density at radius 1 is 1.03 bits per heavy atom. The van der Waals surface area contributed by atoms with Gasteiger partial charge in [-0.3, -0.25) is 9.59 Å². The van der Waals surface area contributed by atoms with Crippen LogP contribution in [0.5, 0.6) is 11.5 Å². The fourth-order valence-corrected chi connectivity index (χ4v) is 4.70. The number of benzene rings is 1. The minimum absolute atomic E-state index is 0.100. The molecule has 0 aliphatic heterocycles. The lowest BCUT2D eigenvalue weighted by Crippen LogP contribution is -2.45. The summed E-state index contributed by atoms with van der Waals surface area (Å²) < 4.78 is 16.1. The van der Waals surface area contributed by atoms with Crippen LogP contribution in [-0.4, -0.2) is 73.5 Å². The molecule has 2 aromatic rings. The molecule has 0 atom stereocenters. The highest BCUT2D eigenvalue weighted by Gasteiger charge is 2.25. The summed E-state index contributed by atoms with van der Waals surface area (Å²) in [6.45, 7) is 6.17. The summed E-state index contributed by atoms with van der Waals surface area (Å²) in [5.74, 6) is 0.634. The standard InChI is InChI=1S/C25H34Cl2N2O5S/c1-5-34-14-6-12-29(25(31)24(26)27)17-23(30)28(16-20-9-7-18(2)35-20)13-11-19-8-10-21(32-3)22(15-19)33-4/h7-10,15,24H,5-6,11-14,16-17H2,1-4H3. The highest BCUT2D eigenvalue weighted by atomic mass is 35.5. The molecule has 1 heterocycles. The number of carbonyl (C=O) groups excluding carboxylic acids is 2. The second-order valence-corrected chi connectivity index (χ2v) is 10.3. The van der Waals surface area contributed by atoms with E-state index in [1.54, 1.807) is 30.5 Å². The van der Waals surface area contributed by atoms with Crippen LogP contribution in [0.1, 0.15) is 28.7 Å². The number of thiophene rings is 1. The fraction of sp³-hybridized carbons (Fsp3) is 0.520. The predicted octanol–water partition coefficient (Wildman–Crippen LogP) is 4.70. The van der Waals surface area contributed by atoms with Gasteiger partial charge in [0.05, 0.1) is 27.3 Å². The third kappa shape index (κ3) is 9.52. The van der Waals surface area contributed by atoms with Crippen LogP contribution in [0.2, 0.25) is 0 Å². The van der Waals surface area contributed by atoms with E-state index in [0.717, 1.165) is 10.4 Å².